The van der Waals surface area contributed by atoms with Gasteiger partial charge in [0.05, 0.1) is 0 Å². The molecule has 0 unspecified atom stereocenters. The predicted molar refractivity (Wildman–Crippen MR) is 103 cm³/mol. The Hall–Kier alpha value is -1.66. The molecule has 0 radical (unpaired) electrons. The Balaban J connectivity index is 0.00000225. The average Bonchev–Trinajstić information content (AvgIpc) is 2.79. The Kier molecular flexibility index (Phi) is 5.74. The fourth-order valence-electron chi connectivity index (χ4n) is 3.79. The molecule has 0 spiro atoms. The molecule has 136 valence electrons. The van der Waals surface area contributed by atoms with E-state index in [-0.39, 0.29) is 7.43 Å². The predicted octanol–water partition coefficient (Wildman–Crippen LogP) is 5.65. The Morgan fingerprint density at radius 2 is 0.880 bits per heavy atom. The van der Waals surface area contributed by atoms with E-state index >= 15 is 0 Å². The first-order valence-corrected chi connectivity index (χ1v) is 9.35. The molecular weight excluding hydrogens is 487 g/mol. The van der Waals surface area contributed by atoms with Gasteiger partial charge < -0.3 is 7.43 Å². The molecule has 0 amide bonds. The molecule has 0 saturated carbocycles. The van der Waals surface area contributed by atoms with Crippen LogP contribution in [0.15, 0.2) is 36.7 Å². The van der Waals surface area contributed by atoms with Crippen LogP contribution in [0.5, 0.6) is 0 Å². The van der Waals surface area contributed by atoms with Crippen molar-refractivity contribution in [1.82, 2.24) is 9.13 Å². The summed E-state index contributed by atoms with van der Waals surface area (Å²) < 4.78 is 5.79. The summed E-state index contributed by atoms with van der Waals surface area (Å²) in [4.78, 5) is 0. The number of aromatic nitrogens is 2. The second kappa shape index (κ2) is 7.30. The second-order valence-corrected chi connectivity index (χ2v) is 7.79. The van der Waals surface area contributed by atoms with Crippen LogP contribution in [0.1, 0.15) is 33.4 Å². The van der Waals surface area contributed by atoms with Gasteiger partial charge in [0.1, 0.15) is 0 Å². The van der Waals surface area contributed by atoms with Gasteiger partial charge in [-0.3, -0.25) is 0 Å². The summed E-state index contributed by atoms with van der Waals surface area (Å²) in [6.45, 7) is 13.1. The van der Waals surface area contributed by atoms with Gasteiger partial charge in [0.25, 0.3) is 0 Å². The van der Waals surface area contributed by atoms with Crippen molar-refractivity contribution in [3.63, 3.8) is 0 Å². The third kappa shape index (κ3) is 3.51. The first-order chi connectivity index (χ1) is 11.3. The maximum atomic E-state index is 2.43. The van der Waals surface area contributed by atoms with Gasteiger partial charge in [0.15, 0.2) is 0 Å². The molecule has 0 fully saturated rings. The number of rotatable bonds is 2. The summed E-state index contributed by atoms with van der Waals surface area (Å²) in [5, 5.41) is 0. The van der Waals surface area contributed by atoms with Crippen molar-refractivity contribution in [1.29, 1.82) is 0 Å². The molecule has 0 N–H and O–H groups in total. The smallest absolute Gasteiger partial charge is 0.358 e. The van der Waals surface area contributed by atoms with E-state index in [0.29, 0.717) is 0 Å². The van der Waals surface area contributed by atoms with Crippen LogP contribution in [0.3, 0.4) is 0 Å². The number of aryl methyl sites for hydroxylation is 6. The summed E-state index contributed by atoms with van der Waals surface area (Å²) in [5.41, 5.74) is 10.4. The number of benzene rings is 2. The van der Waals surface area contributed by atoms with Gasteiger partial charge in [-0.15, -0.1) is 0 Å². The van der Waals surface area contributed by atoms with Crippen LogP contribution in [-0.4, -0.2) is 9.13 Å². The monoisotopic (exact) mass is 514 g/mol. The SMILES string of the molecule is Cc1cc(C)c(-n2ccn(-c3c(C)cc(C)cc3C)[c]2=[Pt])c(C)c1.[CH3-]. The molecule has 0 atom stereocenters. The molecule has 0 saturated heterocycles. The Morgan fingerprint density at radius 1 is 0.600 bits per heavy atom. The maximum Gasteiger partial charge on any atom is -0.358 e. The normalized spacial score (nSPS) is 10.7. The molecule has 1 heterocycles. The molecular formula is C22H27N2Pt-. The van der Waals surface area contributed by atoms with Crippen molar-refractivity contribution in [3.05, 3.63) is 81.3 Å². The van der Waals surface area contributed by atoms with Crippen LogP contribution in [-0.2, 0) is 19.4 Å². The van der Waals surface area contributed by atoms with Crippen LogP contribution in [0, 0.1) is 52.8 Å². The number of hydrogen-bond acceptors (Lipinski definition) is 0. The molecule has 3 heteroatoms. The van der Waals surface area contributed by atoms with E-state index in [1.807, 2.05) is 0 Å². The topological polar surface area (TPSA) is 9.86 Å². The molecule has 25 heavy (non-hydrogen) atoms. The summed E-state index contributed by atoms with van der Waals surface area (Å²) >= 11 is 2.43. The fourth-order valence-corrected chi connectivity index (χ4v) is 4.63. The van der Waals surface area contributed by atoms with E-state index in [9.17, 15) is 0 Å². The first kappa shape index (κ1) is 19.7. The van der Waals surface area contributed by atoms with E-state index in [1.165, 1.54) is 48.6 Å². The van der Waals surface area contributed by atoms with Crippen LogP contribution >= 0.6 is 0 Å². The van der Waals surface area contributed by atoms with Crippen LogP contribution in [0.2, 0.25) is 0 Å². The molecule has 3 aromatic rings. The Morgan fingerprint density at radius 3 is 1.16 bits per heavy atom. The van der Waals surface area contributed by atoms with Gasteiger partial charge in [0.2, 0.25) is 0 Å². The molecule has 0 aliphatic heterocycles. The standard InChI is InChI=1S/C21H24N2.CH3.Pt/c1-14-9-16(3)20(17(4)10-14)22-7-8-23(13-22)21-18(5)11-15(2)12-19(21)6;;/h7-12H,1-6H3;1H3;/q;-1;. The van der Waals surface area contributed by atoms with Crippen molar-refractivity contribution >= 4 is 0 Å². The average molecular weight is 515 g/mol. The van der Waals surface area contributed by atoms with E-state index in [4.69, 9.17) is 0 Å². The van der Waals surface area contributed by atoms with Crippen molar-refractivity contribution in [2.45, 2.75) is 41.5 Å². The third-order valence-corrected chi connectivity index (χ3v) is 5.58. The van der Waals surface area contributed by atoms with Crippen LogP contribution in [0.25, 0.3) is 11.4 Å². The van der Waals surface area contributed by atoms with Crippen molar-refractivity contribution in [2.24, 2.45) is 0 Å². The van der Waals surface area contributed by atoms with E-state index in [2.05, 4.69) is 107 Å². The first-order valence-electron chi connectivity index (χ1n) is 8.21. The zero-order valence-electron chi connectivity index (χ0n) is 16.2. The fraction of sp³-hybridized carbons (Fsp3) is 0.273. The van der Waals surface area contributed by atoms with E-state index < -0.39 is 0 Å². The minimum absolute atomic E-state index is 0. The van der Waals surface area contributed by atoms with E-state index in [1.54, 1.807) is 0 Å². The van der Waals surface area contributed by atoms with Gasteiger partial charge in [-0.05, 0) is 0 Å². The quantitative estimate of drug-likeness (QED) is 0.392. The van der Waals surface area contributed by atoms with Gasteiger partial charge in [-0.25, -0.2) is 0 Å². The molecule has 0 bridgehead atoms. The van der Waals surface area contributed by atoms with Gasteiger partial charge in [0, 0.05) is 0 Å². The van der Waals surface area contributed by atoms with Crippen LogP contribution in [0.4, 0.5) is 0 Å². The summed E-state index contributed by atoms with van der Waals surface area (Å²) in [7, 11) is 0. The Bertz CT molecular complexity index is 865. The third-order valence-electron chi connectivity index (χ3n) is 4.49. The number of nitrogens with zero attached hydrogens (tertiary/aromatic N) is 2. The molecule has 2 nitrogen and oxygen atoms in total. The minimum Gasteiger partial charge on any atom is -0.358 e. The minimum atomic E-state index is 0. The van der Waals surface area contributed by atoms with Crippen molar-refractivity contribution in [3.8, 4) is 11.4 Å². The molecule has 0 aliphatic rings. The maximum absolute atomic E-state index is 2.43. The number of imidazole rings is 1. The number of hydrogen-bond donors (Lipinski definition) is 0. The zero-order chi connectivity index (χ0) is 17.6. The molecule has 2 aromatic carbocycles. The van der Waals surface area contributed by atoms with Crippen molar-refractivity contribution < 1.29 is 19.4 Å². The van der Waals surface area contributed by atoms with Gasteiger partial charge in [-0.2, -0.15) is 0 Å². The molecule has 1 aromatic heterocycles. The van der Waals surface area contributed by atoms with Crippen LogP contribution < -0.4 is 0 Å². The summed E-state index contributed by atoms with van der Waals surface area (Å²) in [6, 6.07) is 9.02. The molecule has 0 aliphatic carbocycles. The Labute approximate surface area is 162 Å². The summed E-state index contributed by atoms with van der Waals surface area (Å²) in [6.07, 6.45) is 4.34. The zero-order valence-corrected chi connectivity index (χ0v) is 18.4. The largest absolute Gasteiger partial charge is 0.358 e. The van der Waals surface area contributed by atoms with Gasteiger partial charge >= 0.3 is 155 Å². The van der Waals surface area contributed by atoms with E-state index in [0.717, 1.165) is 0 Å². The van der Waals surface area contributed by atoms with Gasteiger partial charge in [-0.1, -0.05) is 0 Å². The molecule has 3 rings (SSSR count). The van der Waals surface area contributed by atoms with Crippen molar-refractivity contribution in [2.75, 3.05) is 0 Å². The summed E-state index contributed by atoms with van der Waals surface area (Å²) in [5.74, 6) is 0. The second-order valence-electron chi connectivity index (χ2n) is 6.77.